The zero-order chi connectivity index (χ0) is 22.5. The molecule has 1 aliphatic rings. The molecule has 3 aromatic rings. The van der Waals surface area contributed by atoms with Crippen molar-refractivity contribution in [1.29, 1.82) is 5.26 Å². The van der Waals surface area contributed by atoms with Crippen molar-refractivity contribution in [3.05, 3.63) is 97.7 Å². The molecule has 4 rings (SSSR count). The maximum Gasteiger partial charge on any atom is 0.264 e. The highest BCUT2D eigenvalue weighted by Crippen LogP contribution is 2.30. The minimum atomic E-state index is -0.339. The van der Waals surface area contributed by atoms with E-state index in [1.54, 1.807) is 24.3 Å². The van der Waals surface area contributed by atoms with Gasteiger partial charge in [-0.25, -0.2) is 9.38 Å². The number of nitriles is 1. The molecule has 0 unspecified atom stereocenters. The highest BCUT2D eigenvalue weighted by Gasteiger charge is 2.24. The maximum absolute atomic E-state index is 13.0. The lowest BCUT2D eigenvalue weighted by molar-refractivity contribution is -0.115. The van der Waals surface area contributed by atoms with Crippen LogP contribution in [0.4, 0.5) is 10.1 Å². The normalized spacial score (nSPS) is 15.6. The first-order chi connectivity index (χ1) is 15.5. The summed E-state index contributed by atoms with van der Waals surface area (Å²) in [6, 6.07) is 20.9. The van der Waals surface area contributed by atoms with E-state index >= 15 is 0 Å². The summed E-state index contributed by atoms with van der Waals surface area (Å²) < 4.78 is 19.8. The van der Waals surface area contributed by atoms with E-state index < -0.39 is 0 Å². The smallest absolute Gasteiger partial charge is 0.264 e. The van der Waals surface area contributed by atoms with Crippen LogP contribution in [0.5, 0.6) is 5.75 Å². The van der Waals surface area contributed by atoms with Crippen LogP contribution in [0.15, 0.2) is 76.6 Å². The van der Waals surface area contributed by atoms with Crippen LogP contribution in [0, 0.1) is 20.7 Å². The predicted octanol–water partition coefficient (Wildman–Crippen LogP) is 5.77. The van der Waals surface area contributed by atoms with E-state index in [-0.39, 0.29) is 11.7 Å². The molecule has 1 fully saturated rings. The topological polar surface area (TPSA) is 74.5 Å². The van der Waals surface area contributed by atoms with Gasteiger partial charge in [-0.1, -0.05) is 24.3 Å². The number of halogens is 2. The zero-order valence-corrected chi connectivity index (χ0v) is 19.5. The standard InChI is InChI=1S/C24H15FIN3O2S/c25-18-6-8-19(9-7-18)28-24-29-23(30)22(32-24)12-15-5-10-21(20(26)11-15)31-14-17-4-2-1-3-16(17)13-27/h1-12H,14H2,(H,28,29,30)/b22-12-. The van der Waals surface area contributed by atoms with Crippen molar-refractivity contribution in [1.82, 2.24) is 5.32 Å². The summed E-state index contributed by atoms with van der Waals surface area (Å²) in [6.45, 7) is 0.293. The lowest BCUT2D eigenvalue weighted by Gasteiger charge is -2.10. The number of hydrogen-bond acceptors (Lipinski definition) is 5. The van der Waals surface area contributed by atoms with E-state index in [9.17, 15) is 14.4 Å². The number of carbonyl (C=O) groups excluding carboxylic acids is 1. The summed E-state index contributed by atoms with van der Waals surface area (Å²) in [7, 11) is 0. The quantitative estimate of drug-likeness (QED) is 0.321. The molecular formula is C24H15FIN3O2S. The SMILES string of the molecule is N#Cc1ccccc1COc1ccc(/C=C2\SC(=Nc3ccc(F)cc3)NC2=O)cc1I. The molecular weight excluding hydrogens is 540 g/mol. The molecule has 8 heteroatoms. The van der Waals surface area contributed by atoms with E-state index in [2.05, 4.69) is 39.0 Å². The zero-order valence-electron chi connectivity index (χ0n) is 16.5. The van der Waals surface area contributed by atoms with Gasteiger partial charge < -0.3 is 10.1 Å². The minimum absolute atomic E-state index is 0.237. The summed E-state index contributed by atoms with van der Waals surface area (Å²) >= 11 is 3.41. The number of amidine groups is 1. The van der Waals surface area contributed by atoms with Gasteiger partial charge in [0.15, 0.2) is 5.17 Å². The van der Waals surface area contributed by atoms with Gasteiger partial charge in [-0.3, -0.25) is 4.79 Å². The van der Waals surface area contributed by atoms with Crippen LogP contribution in [0.3, 0.4) is 0 Å². The van der Waals surface area contributed by atoms with E-state index in [4.69, 9.17) is 4.74 Å². The van der Waals surface area contributed by atoms with Crippen molar-refractivity contribution in [3.8, 4) is 11.8 Å². The fourth-order valence-electron chi connectivity index (χ4n) is 2.90. The number of rotatable bonds is 5. The van der Waals surface area contributed by atoms with Gasteiger partial charge in [0.05, 0.1) is 25.8 Å². The van der Waals surface area contributed by atoms with Crippen molar-refractivity contribution in [2.24, 2.45) is 4.99 Å². The lowest BCUT2D eigenvalue weighted by Crippen LogP contribution is -2.19. The molecule has 0 aromatic heterocycles. The molecule has 1 heterocycles. The van der Waals surface area contributed by atoms with Crippen LogP contribution in [0.1, 0.15) is 16.7 Å². The molecule has 0 bridgehead atoms. The summed E-state index contributed by atoms with van der Waals surface area (Å²) in [6.07, 6.45) is 1.78. The average molecular weight is 555 g/mol. The molecule has 0 saturated carbocycles. The van der Waals surface area contributed by atoms with E-state index in [0.29, 0.717) is 33.7 Å². The van der Waals surface area contributed by atoms with Crippen LogP contribution in [0.2, 0.25) is 0 Å². The van der Waals surface area contributed by atoms with E-state index in [1.807, 2.05) is 36.4 Å². The Morgan fingerprint density at radius 1 is 1.16 bits per heavy atom. The largest absolute Gasteiger partial charge is 0.488 e. The van der Waals surface area contributed by atoms with Gasteiger partial charge in [0, 0.05) is 5.56 Å². The Labute approximate surface area is 202 Å². The van der Waals surface area contributed by atoms with E-state index in [0.717, 1.165) is 14.7 Å². The third-order valence-corrected chi connectivity index (χ3v) is 6.24. The number of nitrogens with zero attached hydrogens (tertiary/aromatic N) is 2. The molecule has 0 spiro atoms. The Balaban J connectivity index is 1.46. The molecule has 1 aliphatic heterocycles. The van der Waals surface area contributed by atoms with Crippen LogP contribution in [0.25, 0.3) is 6.08 Å². The van der Waals surface area contributed by atoms with Gasteiger partial charge in [0.1, 0.15) is 18.2 Å². The molecule has 5 nitrogen and oxygen atoms in total. The molecule has 0 atom stereocenters. The second-order valence-electron chi connectivity index (χ2n) is 6.71. The highest BCUT2D eigenvalue weighted by molar-refractivity contribution is 14.1. The third-order valence-electron chi connectivity index (χ3n) is 4.48. The van der Waals surface area contributed by atoms with Crippen LogP contribution in [-0.4, -0.2) is 11.1 Å². The summed E-state index contributed by atoms with van der Waals surface area (Å²) in [5.41, 5.74) is 2.82. The summed E-state index contributed by atoms with van der Waals surface area (Å²) in [5, 5.41) is 12.4. The summed E-state index contributed by atoms with van der Waals surface area (Å²) in [5.74, 6) is 0.121. The number of amides is 1. The van der Waals surface area contributed by atoms with Crippen LogP contribution in [-0.2, 0) is 11.4 Å². The first-order valence-corrected chi connectivity index (χ1v) is 11.4. The molecule has 0 radical (unpaired) electrons. The Morgan fingerprint density at radius 2 is 1.94 bits per heavy atom. The average Bonchev–Trinajstić information content (AvgIpc) is 3.13. The van der Waals surface area contributed by atoms with Crippen LogP contribution >= 0.6 is 34.4 Å². The fourth-order valence-corrected chi connectivity index (χ4v) is 4.44. The number of nitrogens with one attached hydrogen (secondary N) is 1. The first-order valence-electron chi connectivity index (χ1n) is 9.47. The maximum atomic E-state index is 13.0. The van der Waals surface area contributed by atoms with Crippen molar-refractivity contribution >= 4 is 57.2 Å². The molecule has 1 amide bonds. The number of hydrogen-bond donors (Lipinski definition) is 1. The van der Waals surface area contributed by atoms with Gasteiger partial charge in [0.25, 0.3) is 5.91 Å². The van der Waals surface area contributed by atoms with Gasteiger partial charge in [-0.15, -0.1) is 0 Å². The van der Waals surface area contributed by atoms with Gasteiger partial charge >= 0.3 is 0 Å². The monoisotopic (exact) mass is 555 g/mol. The fraction of sp³-hybridized carbons (Fsp3) is 0.0417. The van der Waals surface area contributed by atoms with Crippen LogP contribution < -0.4 is 10.1 Å². The Morgan fingerprint density at radius 3 is 2.69 bits per heavy atom. The second kappa shape index (κ2) is 9.97. The number of ether oxygens (including phenoxy) is 1. The molecule has 0 aliphatic carbocycles. The lowest BCUT2D eigenvalue weighted by atomic mass is 10.1. The Bertz CT molecular complexity index is 1280. The third kappa shape index (κ3) is 5.36. The molecule has 1 saturated heterocycles. The summed E-state index contributed by atoms with van der Waals surface area (Å²) in [4.78, 5) is 17.2. The highest BCUT2D eigenvalue weighted by atomic mass is 127. The van der Waals surface area contributed by atoms with Gasteiger partial charge in [-0.2, -0.15) is 5.26 Å². The first kappa shape index (κ1) is 22.0. The Hall–Kier alpha value is -3.16. The van der Waals surface area contributed by atoms with Crippen molar-refractivity contribution in [2.45, 2.75) is 6.61 Å². The van der Waals surface area contributed by atoms with Crippen molar-refractivity contribution in [3.63, 3.8) is 0 Å². The van der Waals surface area contributed by atoms with Crippen molar-refractivity contribution < 1.29 is 13.9 Å². The Kier molecular flexibility index (Phi) is 6.87. The molecule has 158 valence electrons. The van der Waals surface area contributed by atoms with Crippen molar-refractivity contribution in [2.75, 3.05) is 0 Å². The number of benzene rings is 3. The van der Waals surface area contributed by atoms with E-state index in [1.165, 1.54) is 23.9 Å². The van der Waals surface area contributed by atoms with Gasteiger partial charge in [-0.05, 0) is 88.5 Å². The van der Waals surface area contributed by atoms with Gasteiger partial charge in [0.2, 0.25) is 0 Å². The minimum Gasteiger partial charge on any atom is -0.488 e. The number of carbonyl (C=O) groups is 1. The number of thioether (sulfide) groups is 1. The molecule has 32 heavy (non-hydrogen) atoms. The second-order valence-corrected chi connectivity index (χ2v) is 8.90. The predicted molar refractivity (Wildman–Crippen MR) is 132 cm³/mol. The number of aliphatic imine (C=N–C) groups is 1. The molecule has 1 N–H and O–H groups in total. The molecule has 3 aromatic carbocycles.